The number of benzene rings is 3. The average Bonchev–Trinajstić information content (AvgIpc) is 3.60. The lowest BCUT2D eigenvalue weighted by Gasteiger charge is -2.17. The van der Waals surface area contributed by atoms with Crippen molar-refractivity contribution in [3.63, 3.8) is 0 Å². The third-order valence-corrected chi connectivity index (χ3v) is 7.66. The molecule has 0 atom stereocenters. The highest BCUT2D eigenvalue weighted by atomic mass is 16.2. The van der Waals surface area contributed by atoms with Gasteiger partial charge in [0, 0.05) is 23.5 Å². The van der Waals surface area contributed by atoms with Gasteiger partial charge in [0.05, 0.1) is 22.5 Å². The van der Waals surface area contributed by atoms with Crippen LogP contribution in [0.4, 0.5) is 22.7 Å². The fraction of sp³-hybridized carbons (Fsp3) is 0.375. The molecule has 0 heterocycles. The zero-order valence-electron chi connectivity index (χ0n) is 22.4. The quantitative estimate of drug-likeness (QED) is 0.260. The largest absolute Gasteiger partial charge is 0.355 e. The molecule has 5 rings (SSSR count). The van der Waals surface area contributed by atoms with Crippen molar-refractivity contribution in [1.82, 2.24) is 10.6 Å². The molecule has 0 saturated heterocycles. The molecule has 0 aromatic heterocycles. The van der Waals surface area contributed by atoms with Gasteiger partial charge < -0.3 is 21.3 Å². The van der Waals surface area contributed by atoms with Crippen molar-refractivity contribution in [2.75, 3.05) is 10.6 Å². The van der Waals surface area contributed by atoms with E-state index in [4.69, 9.17) is 0 Å². The second kappa shape index (κ2) is 11.7. The van der Waals surface area contributed by atoms with Crippen LogP contribution in [0.3, 0.4) is 0 Å². The Balaban J connectivity index is 1.29. The zero-order valence-corrected chi connectivity index (χ0v) is 22.4. The van der Waals surface area contributed by atoms with Crippen molar-refractivity contribution >= 4 is 34.6 Å². The number of hydrogen-bond donors (Lipinski definition) is 4. The molecule has 38 heavy (non-hydrogen) atoms. The van der Waals surface area contributed by atoms with Gasteiger partial charge in [0.2, 0.25) is 0 Å². The smallest absolute Gasteiger partial charge is 0.253 e. The van der Waals surface area contributed by atoms with E-state index in [0.29, 0.717) is 11.1 Å². The Labute approximate surface area is 225 Å². The summed E-state index contributed by atoms with van der Waals surface area (Å²) >= 11 is 0. The van der Waals surface area contributed by atoms with Crippen molar-refractivity contribution in [2.24, 2.45) is 0 Å². The van der Waals surface area contributed by atoms with Gasteiger partial charge in [0.15, 0.2) is 0 Å². The van der Waals surface area contributed by atoms with E-state index in [1.807, 2.05) is 74.5 Å². The van der Waals surface area contributed by atoms with E-state index < -0.39 is 0 Å². The first-order valence-corrected chi connectivity index (χ1v) is 13.9. The zero-order chi connectivity index (χ0) is 26.5. The number of amides is 2. The lowest BCUT2D eigenvalue weighted by atomic mass is 10.1. The SMILES string of the molecule is Cc1ccc(C(=O)NC2CCCC2)c(Nc2ccc(Nc3cc(C)ccc3C(=O)NC3CCCC3)cc2)c1. The summed E-state index contributed by atoms with van der Waals surface area (Å²) in [7, 11) is 0. The highest BCUT2D eigenvalue weighted by Gasteiger charge is 2.21. The second-order valence-electron chi connectivity index (χ2n) is 10.8. The molecule has 3 aromatic rings. The average molecular weight is 511 g/mol. The van der Waals surface area contributed by atoms with Gasteiger partial charge in [-0.2, -0.15) is 0 Å². The molecule has 2 amide bonds. The predicted molar refractivity (Wildman–Crippen MR) is 155 cm³/mol. The molecule has 4 N–H and O–H groups in total. The number of nitrogens with one attached hydrogen (secondary N) is 4. The minimum absolute atomic E-state index is 0.0273. The molecule has 0 unspecified atom stereocenters. The Morgan fingerprint density at radius 1 is 0.579 bits per heavy atom. The molecule has 198 valence electrons. The fourth-order valence-corrected chi connectivity index (χ4v) is 5.53. The van der Waals surface area contributed by atoms with Gasteiger partial charge >= 0.3 is 0 Å². The van der Waals surface area contributed by atoms with Gasteiger partial charge in [-0.3, -0.25) is 9.59 Å². The number of carbonyl (C=O) groups is 2. The van der Waals surface area contributed by atoms with Crippen LogP contribution in [0.15, 0.2) is 60.7 Å². The third kappa shape index (κ3) is 6.36. The van der Waals surface area contributed by atoms with Crippen LogP contribution < -0.4 is 21.3 Å². The monoisotopic (exact) mass is 510 g/mol. The highest BCUT2D eigenvalue weighted by Crippen LogP contribution is 2.28. The minimum Gasteiger partial charge on any atom is -0.355 e. The molecule has 2 aliphatic rings. The van der Waals surface area contributed by atoms with Gasteiger partial charge in [-0.25, -0.2) is 0 Å². The van der Waals surface area contributed by atoms with E-state index in [2.05, 4.69) is 21.3 Å². The summed E-state index contributed by atoms with van der Waals surface area (Å²) in [6, 6.07) is 20.2. The van der Waals surface area contributed by atoms with Crippen molar-refractivity contribution in [3.05, 3.63) is 82.9 Å². The molecule has 2 aliphatic carbocycles. The van der Waals surface area contributed by atoms with Crippen molar-refractivity contribution in [2.45, 2.75) is 77.3 Å². The Hall–Kier alpha value is -3.80. The van der Waals surface area contributed by atoms with Crippen LogP contribution in [0.25, 0.3) is 0 Å². The summed E-state index contributed by atoms with van der Waals surface area (Å²) in [5.74, 6) is -0.0545. The maximum absolute atomic E-state index is 13.0. The third-order valence-electron chi connectivity index (χ3n) is 7.66. The van der Waals surface area contributed by atoms with Crippen LogP contribution >= 0.6 is 0 Å². The minimum atomic E-state index is -0.0273. The summed E-state index contributed by atoms with van der Waals surface area (Å²) in [5, 5.41) is 13.3. The fourth-order valence-electron chi connectivity index (χ4n) is 5.53. The molecule has 6 nitrogen and oxygen atoms in total. The van der Waals surface area contributed by atoms with Gasteiger partial charge in [-0.15, -0.1) is 0 Å². The van der Waals surface area contributed by atoms with Crippen LogP contribution in [-0.4, -0.2) is 23.9 Å². The van der Waals surface area contributed by atoms with Gasteiger partial charge in [-0.1, -0.05) is 37.8 Å². The number of anilines is 4. The van der Waals surface area contributed by atoms with E-state index in [0.717, 1.165) is 59.6 Å². The number of hydrogen-bond acceptors (Lipinski definition) is 4. The second-order valence-corrected chi connectivity index (χ2v) is 10.8. The molecule has 0 bridgehead atoms. The lowest BCUT2D eigenvalue weighted by molar-refractivity contribution is 0.0930. The number of rotatable bonds is 8. The number of carbonyl (C=O) groups excluding carboxylic acids is 2. The first kappa shape index (κ1) is 25.8. The first-order chi connectivity index (χ1) is 18.4. The molecule has 0 aliphatic heterocycles. The summed E-state index contributed by atoms with van der Waals surface area (Å²) in [6.07, 6.45) is 8.94. The Bertz CT molecular complexity index is 1190. The van der Waals surface area contributed by atoms with Gasteiger partial charge in [-0.05, 0) is 99.2 Å². The normalized spacial score (nSPS) is 15.8. The van der Waals surface area contributed by atoms with E-state index in [1.165, 1.54) is 25.7 Å². The van der Waals surface area contributed by atoms with E-state index in [1.54, 1.807) is 0 Å². The molecule has 6 heteroatoms. The number of aryl methyl sites for hydroxylation is 2. The van der Waals surface area contributed by atoms with Crippen LogP contribution in [0.2, 0.25) is 0 Å². The summed E-state index contributed by atoms with van der Waals surface area (Å²) in [4.78, 5) is 26.0. The van der Waals surface area contributed by atoms with Crippen molar-refractivity contribution < 1.29 is 9.59 Å². The Morgan fingerprint density at radius 2 is 0.947 bits per heavy atom. The van der Waals surface area contributed by atoms with E-state index in [9.17, 15) is 9.59 Å². The molecule has 0 spiro atoms. The van der Waals surface area contributed by atoms with E-state index in [-0.39, 0.29) is 23.9 Å². The van der Waals surface area contributed by atoms with Gasteiger partial charge in [0.25, 0.3) is 11.8 Å². The standard InChI is InChI=1S/C32H38N4O2/c1-21-11-17-27(31(37)35-23-7-3-4-8-23)29(19-21)33-25-13-15-26(16-14-25)34-30-20-22(2)12-18-28(30)32(38)36-24-9-5-6-10-24/h11-20,23-24,33-34H,3-10H2,1-2H3,(H,35,37)(H,36,38). The van der Waals surface area contributed by atoms with Gasteiger partial charge in [0.1, 0.15) is 0 Å². The van der Waals surface area contributed by atoms with Crippen molar-refractivity contribution in [3.8, 4) is 0 Å². The molecular weight excluding hydrogens is 472 g/mol. The first-order valence-electron chi connectivity index (χ1n) is 13.9. The molecular formula is C32H38N4O2. The summed E-state index contributed by atoms with van der Waals surface area (Å²) in [5.41, 5.74) is 6.86. The molecule has 2 saturated carbocycles. The Morgan fingerprint density at radius 3 is 1.32 bits per heavy atom. The highest BCUT2D eigenvalue weighted by molar-refractivity contribution is 6.01. The maximum Gasteiger partial charge on any atom is 0.253 e. The van der Waals surface area contributed by atoms with E-state index >= 15 is 0 Å². The van der Waals surface area contributed by atoms with Crippen LogP contribution in [0.5, 0.6) is 0 Å². The molecule has 0 radical (unpaired) electrons. The van der Waals surface area contributed by atoms with Crippen molar-refractivity contribution in [1.29, 1.82) is 0 Å². The maximum atomic E-state index is 13.0. The summed E-state index contributed by atoms with van der Waals surface area (Å²) < 4.78 is 0. The van der Waals surface area contributed by atoms with Crippen LogP contribution in [0, 0.1) is 13.8 Å². The Kier molecular flexibility index (Phi) is 7.97. The predicted octanol–water partition coefficient (Wildman–Crippen LogP) is 7.14. The summed E-state index contributed by atoms with van der Waals surface area (Å²) in [6.45, 7) is 4.05. The van der Waals surface area contributed by atoms with Crippen LogP contribution in [-0.2, 0) is 0 Å². The van der Waals surface area contributed by atoms with Crippen LogP contribution in [0.1, 0.15) is 83.2 Å². The molecule has 2 fully saturated rings. The molecule has 3 aromatic carbocycles. The topological polar surface area (TPSA) is 82.3 Å². The lowest BCUT2D eigenvalue weighted by Crippen LogP contribution is -2.33.